The lowest BCUT2D eigenvalue weighted by Crippen LogP contribution is -2.43. The Kier molecular flexibility index (Phi) is 6.64. The molecular formula is C17H21ClN2O5. The van der Waals surface area contributed by atoms with Crippen LogP contribution in [0.1, 0.15) is 32.6 Å². The first-order valence-corrected chi connectivity index (χ1v) is 8.54. The highest BCUT2D eigenvalue weighted by atomic mass is 35.5. The first-order valence-electron chi connectivity index (χ1n) is 8.16. The molecule has 1 unspecified atom stereocenters. The van der Waals surface area contributed by atoms with E-state index in [4.69, 9.17) is 21.4 Å². The number of carbonyl (C=O) groups excluding carboxylic acids is 2. The Bertz CT molecular complexity index is 664. The Hall–Kier alpha value is -2.28. The number of ether oxygens (including phenoxy) is 1. The largest absolute Gasteiger partial charge is 0.480 e. The van der Waals surface area contributed by atoms with E-state index in [1.807, 2.05) is 6.92 Å². The molecule has 1 aromatic rings. The summed E-state index contributed by atoms with van der Waals surface area (Å²) in [6.07, 6.45) is 2.62. The average molecular weight is 369 g/mol. The number of aliphatic carboxylic acids is 1. The maximum absolute atomic E-state index is 12.5. The van der Waals surface area contributed by atoms with Gasteiger partial charge in [0.1, 0.15) is 11.8 Å². The zero-order chi connectivity index (χ0) is 18.4. The van der Waals surface area contributed by atoms with Gasteiger partial charge in [-0.25, -0.2) is 4.79 Å². The molecular weight excluding hydrogens is 348 g/mol. The summed E-state index contributed by atoms with van der Waals surface area (Å²) < 4.78 is 5.04. The zero-order valence-electron chi connectivity index (χ0n) is 14.0. The van der Waals surface area contributed by atoms with Crippen molar-refractivity contribution >= 4 is 35.1 Å². The smallest absolute Gasteiger partial charge is 0.341 e. The second-order valence-corrected chi connectivity index (χ2v) is 6.22. The molecule has 0 radical (unpaired) electrons. The Morgan fingerprint density at radius 1 is 1.40 bits per heavy atom. The molecule has 1 fully saturated rings. The minimum absolute atomic E-state index is 0.00407. The van der Waals surface area contributed by atoms with Crippen LogP contribution in [-0.2, 0) is 14.4 Å². The van der Waals surface area contributed by atoms with Crippen molar-refractivity contribution in [1.82, 2.24) is 4.90 Å². The van der Waals surface area contributed by atoms with Gasteiger partial charge < -0.3 is 20.1 Å². The third kappa shape index (κ3) is 5.09. The van der Waals surface area contributed by atoms with E-state index in [1.54, 1.807) is 11.0 Å². The molecule has 0 bridgehead atoms. The SMILES string of the molecule is CCCC(=O)N1CCCC1C(=O)Nc1ccc(OCC(=O)O)c(Cl)c1. The van der Waals surface area contributed by atoms with Gasteiger partial charge >= 0.3 is 5.97 Å². The van der Waals surface area contributed by atoms with Crippen LogP contribution >= 0.6 is 11.6 Å². The topological polar surface area (TPSA) is 95.9 Å². The molecule has 8 heteroatoms. The molecule has 1 aliphatic heterocycles. The zero-order valence-corrected chi connectivity index (χ0v) is 14.7. The summed E-state index contributed by atoms with van der Waals surface area (Å²) in [7, 11) is 0. The molecule has 1 saturated heterocycles. The summed E-state index contributed by atoms with van der Waals surface area (Å²) >= 11 is 6.04. The number of likely N-dealkylation sites (tertiary alicyclic amines) is 1. The van der Waals surface area contributed by atoms with E-state index in [1.165, 1.54) is 12.1 Å². The van der Waals surface area contributed by atoms with Crippen molar-refractivity contribution in [2.75, 3.05) is 18.5 Å². The molecule has 1 aromatic carbocycles. The molecule has 25 heavy (non-hydrogen) atoms. The van der Waals surface area contributed by atoms with Gasteiger partial charge in [0.15, 0.2) is 6.61 Å². The molecule has 2 rings (SSSR count). The van der Waals surface area contributed by atoms with Gasteiger partial charge in [-0.2, -0.15) is 0 Å². The molecule has 7 nitrogen and oxygen atoms in total. The first-order chi connectivity index (χ1) is 11.9. The number of carbonyl (C=O) groups is 3. The highest BCUT2D eigenvalue weighted by molar-refractivity contribution is 6.32. The summed E-state index contributed by atoms with van der Waals surface area (Å²) in [4.78, 5) is 36.7. The molecule has 2 N–H and O–H groups in total. The van der Waals surface area contributed by atoms with Gasteiger partial charge in [-0.05, 0) is 37.5 Å². The molecule has 1 heterocycles. The fourth-order valence-electron chi connectivity index (χ4n) is 2.76. The number of halogens is 1. The van der Waals surface area contributed by atoms with Crippen LogP contribution in [-0.4, -0.2) is 47.0 Å². The summed E-state index contributed by atoms with van der Waals surface area (Å²) in [6, 6.07) is 4.09. The van der Waals surface area contributed by atoms with E-state index in [0.717, 1.165) is 12.8 Å². The van der Waals surface area contributed by atoms with Crippen LogP contribution in [0.2, 0.25) is 5.02 Å². The molecule has 0 aromatic heterocycles. The highest BCUT2D eigenvalue weighted by Crippen LogP contribution is 2.28. The third-order valence-electron chi connectivity index (χ3n) is 3.89. The quantitative estimate of drug-likeness (QED) is 0.771. The molecule has 136 valence electrons. The second kappa shape index (κ2) is 8.71. The van der Waals surface area contributed by atoms with Crippen LogP contribution in [0, 0.1) is 0 Å². The fraction of sp³-hybridized carbons (Fsp3) is 0.471. The van der Waals surface area contributed by atoms with Gasteiger partial charge in [-0.3, -0.25) is 9.59 Å². The number of carboxylic acids is 1. The van der Waals surface area contributed by atoms with Gasteiger partial charge in [0.2, 0.25) is 11.8 Å². The standard InChI is InChI=1S/C17H21ClN2O5/c1-2-4-15(21)20-8-3-5-13(20)17(24)19-11-6-7-14(12(18)9-11)25-10-16(22)23/h6-7,9,13H,2-5,8,10H2,1H3,(H,19,24)(H,22,23). The number of hydrogen-bond acceptors (Lipinski definition) is 4. The van der Waals surface area contributed by atoms with Gasteiger partial charge in [-0.15, -0.1) is 0 Å². The van der Waals surface area contributed by atoms with Crippen molar-refractivity contribution in [1.29, 1.82) is 0 Å². The van der Waals surface area contributed by atoms with Crippen molar-refractivity contribution in [2.24, 2.45) is 0 Å². The monoisotopic (exact) mass is 368 g/mol. The van der Waals surface area contributed by atoms with Gasteiger partial charge in [0.25, 0.3) is 0 Å². The number of hydrogen-bond donors (Lipinski definition) is 2. The van der Waals surface area contributed by atoms with E-state index in [2.05, 4.69) is 5.32 Å². The number of benzene rings is 1. The summed E-state index contributed by atoms with van der Waals surface area (Å²) in [5.74, 6) is -1.14. The number of carboxylic acid groups (broad SMARTS) is 1. The lowest BCUT2D eigenvalue weighted by atomic mass is 10.2. The maximum Gasteiger partial charge on any atom is 0.341 e. The van der Waals surface area contributed by atoms with Crippen LogP contribution in [0.25, 0.3) is 0 Å². The Morgan fingerprint density at radius 2 is 2.16 bits per heavy atom. The molecule has 0 spiro atoms. The van der Waals surface area contributed by atoms with E-state index in [-0.39, 0.29) is 22.6 Å². The van der Waals surface area contributed by atoms with Crippen LogP contribution in [0.4, 0.5) is 5.69 Å². The van der Waals surface area contributed by atoms with E-state index >= 15 is 0 Å². The number of nitrogens with zero attached hydrogens (tertiary/aromatic N) is 1. The second-order valence-electron chi connectivity index (χ2n) is 5.81. The van der Waals surface area contributed by atoms with Crippen molar-refractivity contribution in [3.63, 3.8) is 0 Å². The highest BCUT2D eigenvalue weighted by Gasteiger charge is 2.33. The van der Waals surface area contributed by atoms with Crippen molar-refractivity contribution in [3.05, 3.63) is 23.2 Å². The van der Waals surface area contributed by atoms with Crippen LogP contribution in [0.15, 0.2) is 18.2 Å². The third-order valence-corrected chi connectivity index (χ3v) is 4.19. The van der Waals surface area contributed by atoms with Crippen molar-refractivity contribution < 1.29 is 24.2 Å². The van der Waals surface area contributed by atoms with Crippen molar-refractivity contribution in [3.8, 4) is 5.75 Å². The Labute approximate surface area is 150 Å². The normalized spacial score (nSPS) is 16.6. The molecule has 0 aliphatic carbocycles. The van der Waals surface area contributed by atoms with Crippen LogP contribution in [0.5, 0.6) is 5.75 Å². The molecule has 2 amide bonds. The minimum atomic E-state index is -1.11. The van der Waals surface area contributed by atoms with Crippen LogP contribution < -0.4 is 10.1 Å². The number of nitrogens with one attached hydrogen (secondary N) is 1. The number of amides is 2. The van der Waals surface area contributed by atoms with Crippen molar-refractivity contribution in [2.45, 2.75) is 38.6 Å². The summed E-state index contributed by atoms with van der Waals surface area (Å²) in [5.41, 5.74) is 0.465. The lowest BCUT2D eigenvalue weighted by Gasteiger charge is -2.24. The van der Waals surface area contributed by atoms with E-state index in [0.29, 0.717) is 25.1 Å². The Balaban J connectivity index is 2.01. The minimum Gasteiger partial charge on any atom is -0.480 e. The van der Waals surface area contributed by atoms with Gasteiger partial charge in [0.05, 0.1) is 5.02 Å². The molecule has 0 saturated carbocycles. The molecule has 1 atom stereocenters. The maximum atomic E-state index is 12.5. The number of anilines is 1. The van der Waals surface area contributed by atoms with Gasteiger partial charge in [-0.1, -0.05) is 18.5 Å². The molecule has 1 aliphatic rings. The Morgan fingerprint density at radius 3 is 2.80 bits per heavy atom. The van der Waals surface area contributed by atoms with E-state index in [9.17, 15) is 14.4 Å². The van der Waals surface area contributed by atoms with Gasteiger partial charge in [0, 0.05) is 18.7 Å². The van der Waals surface area contributed by atoms with Crippen LogP contribution in [0.3, 0.4) is 0 Å². The lowest BCUT2D eigenvalue weighted by molar-refractivity contribution is -0.139. The predicted octanol–water partition coefficient (Wildman–Crippen LogP) is 2.53. The first kappa shape index (κ1) is 19.1. The average Bonchev–Trinajstić information content (AvgIpc) is 3.04. The fourth-order valence-corrected chi connectivity index (χ4v) is 2.99. The summed E-state index contributed by atoms with van der Waals surface area (Å²) in [6.45, 7) is 2.03. The predicted molar refractivity (Wildman–Crippen MR) is 92.9 cm³/mol. The summed E-state index contributed by atoms with van der Waals surface area (Å²) in [5, 5.41) is 11.6. The number of rotatable bonds is 7. The van der Waals surface area contributed by atoms with E-state index < -0.39 is 18.6 Å².